The molecule has 0 aromatic carbocycles. The first-order valence-corrected chi connectivity index (χ1v) is 6.45. The number of aromatic nitrogens is 2. The lowest BCUT2D eigenvalue weighted by molar-refractivity contribution is -0.753. The molecule has 0 atom stereocenters. The average Bonchev–Trinajstić information content (AvgIpc) is 2.50. The van der Waals surface area contributed by atoms with E-state index < -0.39 is 36.7 Å². The molecule has 0 spiro atoms. The van der Waals surface area contributed by atoms with Crippen molar-refractivity contribution >= 4 is 17.8 Å². The molecular formula is C12H12F6N3O5+. The van der Waals surface area contributed by atoms with Crippen molar-refractivity contribution in [3.05, 3.63) is 24.0 Å². The molecule has 0 aliphatic heterocycles. The van der Waals surface area contributed by atoms with Gasteiger partial charge in [-0.1, -0.05) is 4.68 Å². The molecule has 0 unspecified atom stereocenters. The summed E-state index contributed by atoms with van der Waals surface area (Å²) in [5, 5.41) is 21.0. The van der Waals surface area contributed by atoms with Crippen LogP contribution in [0.1, 0.15) is 16.8 Å². The van der Waals surface area contributed by atoms with Crippen molar-refractivity contribution < 1.29 is 55.6 Å². The highest BCUT2D eigenvalue weighted by Gasteiger charge is 2.38. The van der Waals surface area contributed by atoms with Crippen LogP contribution in [-0.4, -0.2) is 52.1 Å². The van der Waals surface area contributed by atoms with Crippen molar-refractivity contribution in [1.29, 1.82) is 0 Å². The second kappa shape index (κ2) is 9.53. The van der Waals surface area contributed by atoms with E-state index in [1.165, 1.54) is 16.9 Å². The van der Waals surface area contributed by atoms with Gasteiger partial charge in [0.2, 0.25) is 0 Å². The number of carbonyl (C=O) groups excluding carboxylic acids is 1. The zero-order valence-corrected chi connectivity index (χ0v) is 12.6. The van der Waals surface area contributed by atoms with Gasteiger partial charge in [0.25, 0.3) is 5.91 Å². The molecule has 0 aliphatic carbocycles. The molecule has 1 aromatic heterocycles. The number of halogens is 6. The summed E-state index contributed by atoms with van der Waals surface area (Å²) in [6, 6.07) is 1.26. The van der Waals surface area contributed by atoms with E-state index >= 15 is 0 Å². The van der Waals surface area contributed by atoms with Crippen LogP contribution in [-0.2, 0) is 16.1 Å². The van der Waals surface area contributed by atoms with Crippen LogP contribution in [0.2, 0.25) is 0 Å². The minimum absolute atomic E-state index is 0.0316. The largest absolute Gasteiger partial charge is 0.490 e. The molecule has 8 nitrogen and oxygen atoms in total. The summed E-state index contributed by atoms with van der Waals surface area (Å²) in [7, 11) is 0. The van der Waals surface area contributed by atoms with Crippen molar-refractivity contribution in [2.75, 3.05) is 6.54 Å². The molecular weight excluding hydrogens is 380 g/mol. The lowest BCUT2D eigenvalue weighted by Crippen LogP contribution is -2.39. The molecule has 1 aromatic rings. The molecule has 0 saturated carbocycles. The Morgan fingerprint density at radius 3 is 2.00 bits per heavy atom. The van der Waals surface area contributed by atoms with E-state index in [1.54, 1.807) is 5.32 Å². The summed E-state index contributed by atoms with van der Waals surface area (Å²) in [4.78, 5) is 30.5. The monoisotopic (exact) mass is 392 g/mol. The molecule has 0 aliphatic rings. The molecule has 0 bridgehead atoms. The van der Waals surface area contributed by atoms with Crippen LogP contribution in [0.25, 0.3) is 0 Å². The van der Waals surface area contributed by atoms with Crippen LogP contribution in [0, 0.1) is 0 Å². The maximum Gasteiger partial charge on any atom is 0.490 e. The van der Waals surface area contributed by atoms with Gasteiger partial charge < -0.3 is 15.5 Å². The highest BCUT2D eigenvalue weighted by atomic mass is 19.4. The van der Waals surface area contributed by atoms with E-state index in [1.807, 2.05) is 0 Å². The third kappa shape index (κ3) is 10.8. The van der Waals surface area contributed by atoms with Gasteiger partial charge in [-0.05, 0) is 5.10 Å². The Morgan fingerprint density at radius 1 is 1.12 bits per heavy atom. The predicted molar refractivity (Wildman–Crippen MR) is 68.8 cm³/mol. The summed E-state index contributed by atoms with van der Waals surface area (Å²) in [5.41, 5.74) is -0.0316. The minimum atomic E-state index is -5.08. The fourth-order valence-corrected chi connectivity index (χ4v) is 1.14. The van der Waals surface area contributed by atoms with E-state index in [0.29, 0.717) is 0 Å². The number of carboxylic acids is 2. The zero-order chi connectivity index (χ0) is 20.5. The van der Waals surface area contributed by atoms with Crippen LogP contribution in [0.15, 0.2) is 18.5 Å². The number of nitrogens with zero attached hydrogens (tertiary/aromatic N) is 2. The first kappa shape index (κ1) is 23.1. The minimum Gasteiger partial charge on any atom is -0.481 e. The highest BCUT2D eigenvalue weighted by molar-refractivity contribution is 5.93. The summed E-state index contributed by atoms with van der Waals surface area (Å²) >= 11 is 0. The number of nitrogens with one attached hydrogen (secondary N) is 1. The number of hydrogen-bond donors (Lipinski definition) is 3. The molecule has 0 saturated heterocycles. The quantitative estimate of drug-likeness (QED) is 0.503. The van der Waals surface area contributed by atoms with Gasteiger partial charge in [0.05, 0.1) is 5.56 Å². The van der Waals surface area contributed by atoms with Gasteiger partial charge >= 0.3 is 24.3 Å². The van der Waals surface area contributed by atoms with E-state index in [2.05, 4.69) is 5.10 Å². The van der Waals surface area contributed by atoms with Gasteiger partial charge in [0.1, 0.15) is 19.2 Å². The number of carbonyl (C=O) groups is 3. The van der Waals surface area contributed by atoms with Crippen LogP contribution >= 0.6 is 0 Å². The second-order valence-corrected chi connectivity index (χ2v) is 4.42. The Balaban J connectivity index is 0.000000758. The van der Waals surface area contributed by atoms with E-state index in [9.17, 15) is 35.9 Å². The van der Waals surface area contributed by atoms with E-state index in [4.69, 9.17) is 15.0 Å². The maximum atomic E-state index is 11.9. The van der Waals surface area contributed by atoms with Gasteiger partial charge in [-0.3, -0.25) is 9.59 Å². The van der Waals surface area contributed by atoms with Crippen molar-refractivity contribution in [2.45, 2.75) is 25.3 Å². The predicted octanol–water partition coefficient (Wildman–Crippen LogP) is 0.769. The van der Waals surface area contributed by atoms with Gasteiger partial charge in [0, 0.05) is 6.07 Å². The number of aliphatic carboxylic acids is 2. The number of aryl methyl sites for hydroxylation is 1. The molecule has 1 rings (SSSR count). The molecule has 14 heteroatoms. The molecule has 3 N–H and O–H groups in total. The number of alkyl halides is 6. The van der Waals surface area contributed by atoms with E-state index in [0.717, 1.165) is 6.20 Å². The zero-order valence-electron chi connectivity index (χ0n) is 12.6. The lowest BCUT2D eigenvalue weighted by atomic mass is 10.3. The van der Waals surface area contributed by atoms with Crippen molar-refractivity contribution in [1.82, 2.24) is 10.4 Å². The molecule has 146 valence electrons. The third-order valence-corrected chi connectivity index (χ3v) is 2.28. The fraction of sp³-hybridized carbons (Fsp3) is 0.417. The Labute approximate surface area is 141 Å². The van der Waals surface area contributed by atoms with Crippen LogP contribution in [0.3, 0.4) is 0 Å². The standard InChI is InChI=1S/C10H10F3N3O3.C2HF3O2/c11-10(12,13)6-14-9(19)7-1-3-16(15-5-7)4-2-8(17)18;3-2(4,5)1(6)7/h1,3,5H,2,4,6H2,(H-,14,17,18,19);(H,6,7)/p+1. The maximum absolute atomic E-state index is 11.9. The highest BCUT2D eigenvalue weighted by Crippen LogP contribution is 2.13. The number of hydrogen-bond acceptors (Lipinski definition) is 4. The van der Waals surface area contributed by atoms with Crippen LogP contribution in [0.5, 0.6) is 0 Å². The van der Waals surface area contributed by atoms with Crippen LogP contribution < -0.4 is 10.00 Å². The van der Waals surface area contributed by atoms with Gasteiger partial charge in [-0.15, -0.1) is 0 Å². The van der Waals surface area contributed by atoms with Crippen LogP contribution in [0.4, 0.5) is 26.3 Å². The smallest absolute Gasteiger partial charge is 0.481 e. The van der Waals surface area contributed by atoms with E-state index in [-0.39, 0.29) is 18.5 Å². The summed E-state index contributed by atoms with van der Waals surface area (Å²) in [6.45, 7) is -1.31. The third-order valence-electron chi connectivity index (χ3n) is 2.28. The SMILES string of the molecule is O=C(O)C(F)(F)F.O=C(O)CC[n+]1ccc(C(=O)NCC(F)(F)F)cn1. The second-order valence-electron chi connectivity index (χ2n) is 4.42. The molecule has 0 radical (unpaired) electrons. The van der Waals surface area contributed by atoms with Crippen molar-refractivity contribution in [3.63, 3.8) is 0 Å². The summed E-state index contributed by atoms with van der Waals surface area (Å²) in [6.07, 6.45) is -7.30. The average molecular weight is 392 g/mol. The Kier molecular flexibility index (Phi) is 8.45. The van der Waals surface area contributed by atoms with Crippen molar-refractivity contribution in [2.24, 2.45) is 0 Å². The number of carboxylic acid groups (broad SMARTS) is 2. The van der Waals surface area contributed by atoms with Crippen molar-refractivity contribution in [3.8, 4) is 0 Å². The normalized spacial score (nSPS) is 11.2. The molecule has 1 amide bonds. The molecule has 0 fully saturated rings. The summed E-state index contributed by atoms with van der Waals surface area (Å²) < 4.78 is 68.7. The van der Waals surface area contributed by atoms with Gasteiger partial charge in [-0.25, -0.2) is 4.79 Å². The fourth-order valence-electron chi connectivity index (χ4n) is 1.14. The molecule has 1 heterocycles. The Hall–Kier alpha value is -2.93. The van der Waals surface area contributed by atoms with Gasteiger partial charge in [0.15, 0.2) is 12.7 Å². The first-order valence-electron chi connectivity index (χ1n) is 6.45. The van der Waals surface area contributed by atoms with Gasteiger partial charge in [-0.2, -0.15) is 26.3 Å². The summed E-state index contributed by atoms with van der Waals surface area (Å²) in [5.74, 6) is -4.65. The first-order chi connectivity index (χ1) is 11.7. The lowest BCUT2D eigenvalue weighted by Gasteiger charge is -2.07. The molecule has 26 heavy (non-hydrogen) atoms. The number of rotatable bonds is 5. The number of amides is 1. The Bertz CT molecular complexity index is 630. The Morgan fingerprint density at radius 2 is 1.65 bits per heavy atom. The topological polar surface area (TPSA) is 120 Å².